The summed E-state index contributed by atoms with van der Waals surface area (Å²) >= 11 is 6.08. The first kappa shape index (κ1) is 27.3. The fourth-order valence-corrected chi connectivity index (χ4v) is 5.64. The molecular formula is C26H21ClF3NO6S. The highest BCUT2D eigenvalue weighted by Crippen LogP contribution is 2.39. The molecule has 38 heavy (non-hydrogen) atoms. The molecule has 1 heterocycles. The summed E-state index contributed by atoms with van der Waals surface area (Å²) in [6.07, 6.45) is 1.98. The molecule has 0 radical (unpaired) electrons. The predicted octanol–water partition coefficient (Wildman–Crippen LogP) is 6.07. The first-order valence-electron chi connectivity index (χ1n) is 11.3. The van der Waals surface area contributed by atoms with Gasteiger partial charge in [0, 0.05) is 18.1 Å². The Morgan fingerprint density at radius 2 is 1.92 bits per heavy atom. The molecule has 200 valence electrons. The summed E-state index contributed by atoms with van der Waals surface area (Å²) < 4.78 is 78.2. The Labute approximate surface area is 221 Å². The number of halogens is 4. The molecule has 3 aromatic carbocycles. The van der Waals surface area contributed by atoms with Crippen LogP contribution in [0, 0.1) is 5.82 Å². The summed E-state index contributed by atoms with van der Waals surface area (Å²) in [4.78, 5) is 10.8. The zero-order chi connectivity index (χ0) is 27.4. The number of ether oxygens (including phenoxy) is 2. The maximum Gasteiger partial charge on any atom is 0.387 e. The maximum atomic E-state index is 14.2. The van der Waals surface area contributed by atoms with Gasteiger partial charge in [0.05, 0.1) is 22.2 Å². The van der Waals surface area contributed by atoms with Crippen molar-refractivity contribution in [3.8, 4) is 11.5 Å². The second kappa shape index (κ2) is 11.4. The van der Waals surface area contributed by atoms with E-state index < -0.39 is 34.5 Å². The SMILES string of the molecule is O=C(O)CCC1CN(S(=O)(=O)c2cccc(OC(F)F)c2)c2cc(C=Cc3c(F)cccc3Cl)ccc2O1. The van der Waals surface area contributed by atoms with Crippen LogP contribution in [0.3, 0.4) is 0 Å². The van der Waals surface area contributed by atoms with Gasteiger partial charge < -0.3 is 14.6 Å². The fraction of sp³-hybridized carbons (Fsp3) is 0.192. The number of carboxylic acid groups (broad SMARTS) is 1. The summed E-state index contributed by atoms with van der Waals surface area (Å²) in [5.74, 6) is -1.77. The van der Waals surface area contributed by atoms with Crippen LogP contribution in [-0.4, -0.2) is 38.8 Å². The third-order valence-electron chi connectivity index (χ3n) is 5.66. The summed E-state index contributed by atoms with van der Waals surface area (Å²) in [5, 5.41) is 9.26. The van der Waals surface area contributed by atoms with Crippen LogP contribution in [-0.2, 0) is 14.8 Å². The van der Waals surface area contributed by atoms with Gasteiger partial charge in [0.2, 0.25) is 0 Å². The van der Waals surface area contributed by atoms with Crippen LogP contribution in [0.1, 0.15) is 24.0 Å². The van der Waals surface area contributed by atoms with Crippen LogP contribution in [0.2, 0.25) is 5.02 Å². The number of benzene rings is 3. The topological polar surface area (TPSA) is 93.1 Å². The van der Waals surface area contributed by atoms with Gasteiger partial charge in [-0.15, -0.1) is 0 Å². The van der Waals surface area contributed by atoms with Crippen LogP contribution in [0.25, 0.3) is 12.2 Å². The Morgan fingerprint density at radius 3 is 2.63 bits per heavy atom. The number of hydrogen-bond acceptors (Lipinski definition) is 5. The second-order valence-corrected chi connectivity index (χ2v) is 10.5. The summed E-state index contributed by atoms with van der Waals surface area (Å²) in [6, 6.07) is 13.6. The van der Waals surface area contributed by atoms with E-state index in [9.17, 15) is 26.4 Å². The number of hydrogen-bond donors (Lipinski definition) is 1. The highest BCUT2D eigenvalue weighted by Gasteiger charge is 2.35. The van der Waals surface area contributed by atoms with E-state index in [2.05, 4.69) is 4.74 Å². The normalized spacial score (nSPS) is 15.4. The lowest BCUT2D eigenvalue weighted by Gasteiger charge is -2.35. The Morgan fingerprint density at radius 1 is 1.16 bits per heavy atom. The van der Waals surface area contributed by atoms with E-state index in [0.29, 0.717) is 5.56 Å². The van der Waals surface area contributed by atoms with Crippen molar-refractivity contribution >= 4 is 45.4 Å². The first-order chi connectivity index (χ1) is 18.0. The molecule has 0 aliphatic carbocycles. The molecule has 0 spiro atoms. The molecular weight excluding hydrogens is 547 g/mol. The molecule has 1 aliphatic heterocycles. The van der Waals surface area contributed by atoms with Gasteiger partial charge >= 0.3 is 12.6 Å². The molecule has 0 amide bonds. The number of aliphatic carboxylic acids is 1. The van der Waals surface area contributed by atoms with Crippen LogP contribution in [0.5, 0.6) is 11.5 Å². The molecule has 0 saturated carbocycles. The lowest BCUT2D eigenvalue weighted by Crippen LogP contribution is -2.43. The number of sulfonamides is 1. The Balaban J connectivity index is 1.74. The van der Waals surface area contributed by atoms with Gasteiger partial charge in [0.1, 0.15) is 23.4 Å². The highest BCUT2D eigenvalue weighted by molar-refractivity contribution is 7.92. The van der Waals surface area contributed by atoms with Crippen molar-refractivity contribution in [3.63, 3.8) is 0 Å². The lowest BCUT2D eigenvalue weighted by molar-refractivity contribution is -0.137. The average Bonchev–Trinajstić information content (AvgIpc) is 2.86. The standard InChI is InChI=1S/C26H21ClF3NO6S/c27-21-5-2-6-22(28)20(21)10-7-16-8-11-24-23(13-16)31(15-18(36-24)9-12-25(32)33)38(34,35)19-4-1-3-17(14-19)37-26(29)30/h1-8,10-11,13-14,18,26H,9,12,15H2,(H,32,33). The van der Waals surface area contributed by atoms with E-state index in [4.69, 9.17) is 21.4 Å². The largest absolute Gasteiger partial charge is 0.486 e. The van der Waals surface area contributed by atoms with Crippen LogP contribution >= 0.6 is 11.6 Å². The van der Waals surface area contributed by atoms with Crippen LogP contribution in [0.15, 0.2) is 65.6 Å². The molecule has 0 aromatic heterocycles. The zero-order valence-corrected chi connectivity index (χ0v) is 21.1. The molecule has 0 bridgehead atoms. The van der Waals surface area contributed by atoms with Gasteiger partial charge in [-0.05, 0) is 54.5 Å². The third-order valence-corrected chi connectivity index (χ3v) is 7.76. The molecule has 1 N–H and O–H groups in total. The number of alkyl halides is 2. The first-order valence-corrected chi connectivity index (χ1v) is 13.1. The third kappa shape index (κ3) is 6.22. The van der Waals surface area contributed by atoms with Crippen molar-refractivity contribution in [1.29, 1.82) is 0 Å². The van der Waals surface area contributed by atoms with E-state index in [1.807, 2.05) is 0 Å². The number of anilines is 1. The smallest absolute Gasteiger partial charge is 0.387 e. The predicted molar refractivity (Wildman–Crippen MR) is 136 cm³/mol. The fourth-order valence-electron chi connectivity index (χ4n) is 3.88. The van der Waals surface area contributed by atoms with E-state index >= 15 is 0 Å². The molecule has 3 aromatic rings. The minimum absolute atomic E-state index is 0.0305. The monoisotopic (exact) mass is 567 g/mol. The van der Waals surface area contributed by atoms with Gasteiger partial charge in [0.15, 0.2) is 0 Å². The summed E-state index contributed by atoms with van der Waals surface area (Å²) in [6.45, 7) is -3.37. The number of fused-ring (bicyclic) bond motifs is 1. The molecule has 12 heteroatoms. The van der Waals surface area contributed by atoms with E-state index in [-0.39, 0.29) is 52.1 Å². The Kier molecular flexibility index (Phi) is 8.17. The van der Waals surface area contributed by atoms with Crippen molar-refractivity contribution in [2.45, 2.75) is 30.5 Å². The van der Waals surface area contributed by atoms with Gasteiger partial charge in [0.25, 0.3) is 10.0 Å². The van der Waals surface area contributed by atoms with Gasteiger partial charge in [-0.2, -0.15) is 8.78 Å². The molecule has 1 atom stereocenters. The van der Waals surface area contributed by atoms with Crippen LogP contribution in [0.4, 0.5) is 18.9 Å². The maximum absolute atomic E-state index is 14.2. The van der Waals surface area contributed by atoms with E-state index in [1.165, 1.54) is 54.6 Å². The van der Waals surface area contributed by atoms with Crippen molar-refractivity contribution in [1.82, 2.24) is 0 Å². The lowest BCUT2D eigenvalue weighted by atomic mass is 10.1. The van der Waals surface area contributed by atoms with Gasteiger partial charge in [-0.25, -0.2) is 12.8 Å². The van der Waals surface area contributed by atoms with Crippen LogP contribution < -0.4 is 13.8 Å². The van der Waals surface area contributed by atoms with Crippen molar-refractivity contribution in [2.75, 3.05) is 10.8 Å². The number of rotatable bonds is 9. The number of nitrogens with zero attached hydrogens (tertiary/aromatic N) is 1. The van der Waals surface area contributed by atoms with E-state index in [0.717, 1.165) is 10.4 Å². The van der Waals surface area contributed by atoms with Gasteiger partial charge in [-0.1, -0.05) is 35.9 Å². The minimum atomic E-state index is -4.33. The second-order valence-electron chi connectivity index (χ2n) is 8.26. The molecule has 1 aliphatic rings. The van der Waals surface area contributed by atoms with Crippen molar-refractivity contribution in [3.05, 3.63) is 82.6 Å². The number of carboxylic acids is 1. The molecule has 7 nitrogen and oxygen atoms in total. The molecule has 0 fully saturated rings. The Bertz CT molecular complexity index is 1460. The molecule has 0 saturated heterocycles. The van der Waals surface area contributed by atoms with Crippen molar-refractivity contribution in [2.24, 2.45) is 0 Å². The molecule has 4 rings (SSSR count). The van der Waals surface area contributed by atoms with Gasteiger partial charge in [-0.3, -0.25) is 9.10 Å². The Hall–Kier alpha value is -3.70. The number of carbonyl (C=O) groups is 1. The highest BCUT2D eigenvalue weighted by atomic mass is 35.5. The zero-order valence-electron chi connectivity index (χ0n) is 19.6. The quantitative estimate of drug-likeness (QED) is 0.315. The van der Waals surface area contributed by atoms with E-state index in [1.54, 1.807) is 12.1 Å². The van der Waals surface area contributed by atoms with Crippen molar-refractivity contribution < 1.29 is 41.0 Å². The summed E-state index contributed by atoms with van der Waals surface area (Å²) in [7, 11) is -4.33. The minimum Gasteiger partial charge on any atom is -0.486 e. The molecule has 1 unspecified atom stereocenters. The summed E-state index contributed by atoms with van der Waals surface area (Å²) in [5.41, 5.74) is 0.779. The average molecular weight is 568 g/mol.